The molecule has 0 saturated carbocycles. The van der Waals surface area contributed by atoms with Crippen molar-refractivity contribution in [1.29, 1.82) is 0 Å². The van der Waals surface area contributed by atoms with Crippen molar-refractivity contribution >= 4 is 45.7 Å². The molecule has 0 aromatic carbocycles. The second-order valence-electron chi connectivity index (χ2n) is 5.82. The van der Waals surface area contributed by atoms with Crippen LogP contribution in [0.2, 0.25) is 0 Å². The molecule has 0 spiro atoms. The van der Waals surface area contributed by atoms with Crippen LogP contribution in [-0.2, 0) is 47.7 Å². The van der Waals surface area contributed by atoms with Crippen molar-refractivity contribution < 1.29 is 47.7 Å². The van der Waals surface area contributed by atoms with E-state index < -0.39 is 60.4 Å². The summed E-state index contributed by atoms with van der Waals surface area (Å²) in [6.07, 6.45) is -6.26. The van der Waals surface area contributed by atoms with Crippen LogP contribution in [-0.4, -0.2) is 72.4 Å². The van der Waals surface area contributed by atoms with E-state index in [2.05, 4.69) is 21.2 Å². The van der Waals surface area contributed by atoms with Crippen molar-refractivity contribution in [3.05, 3.63) is 0 Å². The summed E-state index contributed by atoms with van der Waals surface area (Å²) < 4.78 is 26.2. The Bertz CT molecular complexity index is 625. The average Bonchev–Trinajstić information content (AvgIpc) is 2.57. The summed E-state index contributed by atoms with van der Waals surface area (Å²) in [5.74, 6) is -3.37. The number of esters is 4. The summed E-state index contributed by atoms with van der Waals surface area (Å²) in [6, 6.07) is 0. The molecule has 1 rings (SSSR count). The van der Waals surface area contributed by atoms with Crippen molar-refractivity contribution in [1.82, 2.24) is 5.32 Å². The molecular weight excluding hydrogens is 446 g/mol. The van der Waals surface area contributed by atoms with E-state index in [1.54, 1.807) is 0 Å². The van der Waals surface area contributed by atoms with Gasteiger partial charge in [-0.15, -0.1) is 0 Å². The molecule has 0 aromatic rings. The Morgan fingerprint density at radius 2 is 1.32 bits per heavy atom. The van der Waals surface area contributed by atoms with Gasteiger partial charge in [0.1, 0.15) is 12.7 Å². The average molecular weight is 468 g/mol. The molecule has 0 aromatic heterocycles. The van der Waals surface area contributed by atoms with Gasteiger partial charge in [-0.2, -0.15) is 0 Å². The molecule has 0 aliphatic carbocycles. The molecule has 1 N–H and O–H groups in total. The molecule has 0 radical (unpaired) electrons. The van der Waals surface area contributed by atoms with Gasteiger partial charge in [-0.05, 0) is 0 Å². The van der Waals surface area contributed by atoms with E-state index in [1.807, 2.05) is 0 Å². The minimum Gasteiger partial charge on any atom is -0.463 e. The maximum absolute atomic E-state index is 11.8. The third-order valence-electron chi connectivity index (χ3n) is 3.42. The summed E-state index contributed by atoms with van der Waals surface area (Å²) in [5.41, 5.74) is 0. The Labute approximate surface area is 169 Å². The van der Waals surface area contributed by atoms with Crippen LogP contribution in [0.1, 0.15) is 27.7 Å². The fourth-order valence-corrected chi connectivity index (χ4v) is 2.70. The molecule has 28 heavy (non-hydrogen) atoms. The highest BCUT2D eigenvalue weighted by Crippen LogP contribution is 2.28. The first-order valence-corrected chi connectivity index (χ1v) is 9.33. The van der Waals surface area contributed by atoms with Crippen LogP contribution in [0, 0.1) is 0 Å². The summed E-state index contributed by atoms with van der Waals surface area (Å²) in [7, 11) is 0. The first-order chi connectivity index (χ1) is 13.0. The third kappa shape index (κ3) is 7.43. The monoisotopic (exact) mass is 467 g/mol. The lowest BCUT2D eigenvalue weighted by molar-refractivity contribution is -0.256. The maximum atomic E-state index is 11.8. The topological polar surface area (TPSA) is 144 Å². The number of nitrogens with one attached hydrogen (secondary N) is 1. The van der Waals surface area contributed by atoms with Gasteiger partial charge in [-0.25, -0.2) is 0 Å². The van der Waals surface area contributed by atoms with E-state index in [0.29, 0.717) is 0 Å². The number of halogens is 1. The molecule has 0 bridgehead atoms. The van der Waals surface area contributed by atoms with E-state index >= 15 is 0 Å². The minimum atomic E-state index is -1.32. The van der Waals surface area contributed by atoms with Gasteiger partial charge < -0.3 is 29.0 Å². The van der Waals surface area contributed by atoms with E-state index in [1.165, 1.54) is 6.92 Å². The second-order valence-corrected chi connectivity index (χ2v) is 6.38. The highest BCUT2D eigenvalue weighted by molar-refractivity contribution is 9.09. The Morgan fingerprint density at radius 3 is 1.79 bits per heavy atom. The predicted octanol–water partition coefficient (Wildman–Crippen LogP) is -0.419. The van der Waals surface area contributed by atoms with E-state index in [9.17, 15) is 24.0 Å². The van der Waals surface area contributed by atoms with Crippen molar-refractivity contribution in [3.8, 4) is 0 Å². The van der Waals surface area contributed by atoms with Crippen molar-refractivity contribution in [2.45, 2.75) is 58.3 Å². The first kappa shape index (κ1) is 23.8. The number of carbonyl (C=O) groups is 5. The number of alkyl halides is 1. The van der Waals surface area contributed by atoms with Gasteiger partial charge in [0, 0.05) is 27.7 Å². The lowest BCUT2D eigenvalue weighted by atomic mass is 9.97. The standard InChI is InChI=1S/C16H22BrNO10/c1-7(19)24-6-11-13(25-8(2)20)14(26-9(3)21)15(27-10(4)22)16(28-11)18-12(23)5-17/h11,13-16H,5-6H2,1-4H3,(H,18,23)/t11-,13-,14+,15-,16-/m1/s1. The largest absolute Gasteiger partial charge is 0.463 e. The van der Waals surface area contributed by atoms with Crippen LogP contribution in [0.4, 0.5) is 0 Å². The molecule has 1 aliphatic rings. The number of hydrogen-bond donors (Lipinski definition) is 1. The lowest BCUT2D eigenvalue weighted by Crippen LogP contribution is -2.66. The van der Waals surface area contributed by atoms with E-state index in [0.717, 1.165) is 20.8 Å². The van der Waals surface area contributed by atoms with Crippen LogP contribution < -0.4 is 5.32 Å². The van der Waals surface area contributed by atoms with Gasteiger partial charge in [0.15, 0.2) is 24.5 Å². The zero-order valence-corrected chi connectivity index (χ0v) is 17.3. The quantitative estimate of drug-likeness (QED) is 0.297. The Balaban J connectivity index is 3.30. The molecule has 12 heteroatoms. The summed E-state index contributed by atoms with van der Waals surface area (Å²) in [6.45, 7) is 4.14. The van der Waals surface area contributed by atoms with Crippen molar-refractivity contribution in [3.63, 3.8) is 0 Å². The number of rotatable bonds is 7. The molecule has 158 valence electrons. The fraction of sp³-hybridized carbons (Fsp3) is 0.688. The third-order valence-corrected chi connectivity index (χ3v) is 3.92. The van der Waals surface area contributed by atoms with Crippen molar-refractivity contribution in [2.24, 2.45) is 0 Å². The first-order valence-electron chi connectivity index (χ1n) is 8.21. The Kier molecular flexibility index (Phi) is 9.32. The molecule has 1 amide bonds. The van der Waals surface area contributed by atoms with Gasteiger partial charge in [-0.3, -0.25) is 24.0 Å². The van der Waals surface area contributed by atoms with Gasteiger partial charge in [0.2, 0.25) is 5.91 Å². The van der Waals surface area contributed by atoms with Crippen LogP contribution in [0.3, 0.4) is 0 Å². The van der Waals surface area contributed by atoms with Crippen LogP contribution in [0.15, 0.2) is 0 Å². The van der Waals surface area contributed by atoms with Gasteiger partial charge in [-0.1, -0.05) is 15.9 Å². The highest BCUT2D eigenvalue weighted by atomic mass is 79.9. The minimum absolute atomic E-state index is 0.0835. The molecule has 0 unspecified atom stereocenters. The SMILES string of the molecule is CC(=O)OC[C@H]1O[C@@H](NC(=O)CBr)[C@H](OC(C)=O)[C@@H](OC(C)=O)[C@@H]1OC(C)=O. The van der Waals surface area contributed by atoms with Crippen molar-refractivity contribution in [2.75, 3.05) is 11.9 Å². The number of hydrogen-bond acceptors (Lipinski definition) is 10. The smallest absolute Gasteiger partial charge is 0.303 e. The van der Waals surface area contributed by atoms with Crippen LogP contribution in [0.25, 0.3) is 0 Å². The van der Waals surface area contributed by atoms with Gasteiger partial charge >= 0.3 is 23.9 Å². The zero-order chi connectivity index (χ0) is 21.4. The lowest BCUT2D eigenvalue weighted by Gasteiger charge is -2.44. The highest BCUT2D eigenvalue weighted by Gasteiger charge is 2.52. The molecule has 1 aliphatic heterocycles. The van der Waals surface area contributed by atoms with E-state index in [4.69, 9.17) is 23.7 Å². The second kappa shape index (κ2) is 11.0. The predicted molar refractivity (Wildman–Crippen MR) is 93.9 cm³/mol. The van der Waals surface area contributed by atoms with Gasteiger partial charge in [0.05, 0.1) is 5.33 Å². The van der Waals surface area contributed by atoms with Gasteiger partial charge in [0.25, 0.3) is 0 Å². The molecule has 5 atom stereocenters. The maximum Gasteiger partial charge on any atom is 0.303 e. The number of ether oxygens (including phenoxy) is 5. The normalized spacial score (nSPS) is 26.5. The zero-order valence-electron chi connectivity index (χ0n) is 15.8. The Hall–Kier alpha value is -2.21. The van der Waals surface area contributed by atoms with E-state index in [-0.39, 0.29) is 11.9 Å². The summed E-state index contributed by atoms with van der Waals surface area (Å²) >= 11 is 2.98. The molecule has 11 nitrogen and oxygen atoms in total. The number of amides is 1. The number of carbonyl (C=O) groups excluding carboxylic acids is 5. The Morgan fingerprint density at radius 1 is 0.821 bits per heavy atom. The molecule has 1 fully saturated rings. The molecule has 1 heterocycles. The molecular formula is C16H22BrNO10. The van der Waals surface area contributed by atoms with Crippen LogP contribution >= 0.6 is 15.9 Å². The fourth-order valence-electron chi connectivity index (χ4n) is 2.54. The van der Waals surface area contributed by atoms with Crippen LogP contribution in [0.5, 0.6) is 0 Å². The summed E-state index contributed by atoms with van der Waals surface area (Å²) in [5, 5.41) is 2.38. The summed E-state index contributed by atoms with van der Waals surface area (Å²) in [4.78, 5) is 57.7. The molecule has 1 saturated heterocycles.